The summed E-state index contributed by atoms with van der Waals surface area (Å²) in [4.78, 5) is 24.2. The van der Waals surface area contributed by atoms with Crippen LogP contribution in [-0.2, 0) is 0 Å². The maximum Gasteiger partial charge on any atom is 0.286 e. The molecular weight excluding hydrogens is 372 g/mol. The van der Waals surface area contributed by atoms with Gasteiger partial charge < -0.3 is 14.8 Å². The summed E-state index contributed by atoms with van der Waals surface area (Å²) in [5, 5.41) is 14.7. The first kappa shape index (κ1) is 20.0. The van der Waals surface area contributed by atoms with Crippen molar-refractivity contribution in [1.29, 1.82) is 0 Å². The van der Waals surface area contributed by atoms with Crippen molar-refractivity contribution in [3.63, 3.8) is 0 Å². The SMILES string of the molecule is CCOc1cc(C(=O)N[C@H](C)C23CC4CC(CC(C4)C2)C3)c([N+](=O)[O-])cc1OC. The fraction of sp³-hybridized carbons (Fsp3) is 0.682. The second-order valence-corrected chi connectivity index (χ2v) is 9.19. The molecule has 1 atom stereocenters. The monoisotopic (exact) mass is 402 g/mol. The van der Waals surface area contributed by atoms with Crippen LogP contribution in [0.4, 0.5) is 5.69 Å². The van der Waals surface area contributed by atoms with E-state index in [0.29, 0.717) is 12.4 Å². The second-order valence-electron chi connectivity index (χ2n) is 9.19. The number of nitro benzene ring substituents is 1. The van der Waals surface area contributed by atoms with Gasteiger partial charge in [-0.3, -0.25) is 14.9 Å². The van der Waals surface area contributed by atoms with Crippen LogP contribution in [-0.4, -0.2) is 30.6 Å². The van der Waals surface area contributed by atoms with E-state index in [9.17, 15) is 14.9 Å². The van der Waals surface area contributed by atoms with Crippen LogP contribution in [0.15, 0.2) is 12.1 Å². The summed E-state index contributed by atoms with van der Waals surface area (Å²) in [5.41, 5.74) is -0.106. The number of nitrogens with one attached hydrogen (secondary N) is 1. The van der Waals surface area contributed by atoms with E-state index in [0.717, 1.165) is 37.0 Å². The minimum Gasteiger partial charge on any atom is -0.493 e. The number of methoxy groups -OCH3 is 1. The molecule has 0 aromatic heterocycles. The van der Waals surface area contributed by atoms with Crippen LogP contribution in [0.5, 0.6) is 11.5 Å². The standard InChI is InChI=1S/C22H30N2O5/c1-4-29-20-8-17(18(24(26)27)9-19(20)28-3)21(25)23-13(2)22-10-14-5-15(11-22)7-16(6-14)12-22/h8-9,13-16H,4-7,10-12H2,1-3H3,(H,23,25)/t13-,14?,15?,16?,22?/m1/s1. The molecule has 0 aliphatic heterocycles. The van der Waals surface area contributed by atoms with Gasteiger partial charge in [-0.1, -0.05) is 0 Å². The molecule has 7 nitrogen and oxygen atoms in total. The van der Waals surface area contributed by atoms with Gasteiger partial charge in [0, 0.05) is 12.1 Å². The average molecular weight is 402 g/mol. The summed E-state index contributed by atoms with van der Waals surface area (Å²) < 4.78 is 10.7. The minimum absolute atomic E-state index is 0.0133. The number of rotatable bonds is 7. The molecule has 4 fully saturated rings. The van der Waals surface area contributed by atoms with E-state index in [1.165, 1.54) is 38.5 Å². The van der Waals surface area contributed by atoms with E-state index in [4.69, 9.17) is 9.47 Å². The molecule has 158 valence electrons. The van der Waals surface area contributed by atoms with Crippen molar-refractivity contribution in [3.05, 3.63) is 27.8 Å². The summed E-state index contributed by atoms with van der Waals surface area (Å²) in [5.74, 6) is 2.52. The molecular formula is C22H30N2O5. The zero-order valence-corrected chi connectivity index (χ0v) is 17.4. The Morgan fingerprint density at radius 2 is 1.79 bits per heavy atom. The van der Waals surface area contributed by atoms with Gasteiger partial charge in [0.2, 0.25) is 0 Å². The summed E-state index contributed by atoms with van der Waals surface area (Å²) >= 11 is 0. The molecule has 4 aliphatic rings. The Hall–Kier alpha value is -2.31. The molecule has 0 saturated heterocycles. The van der Waals surface area contributed by atoms with Crippen LogP contribution in [0.25, 0.3) is 0 Å². The van der Waals surface area contributed by atoms with E-state index < -0.39 is 10.8 Å². The maximum absolute atomic E-state index is 13.1. The first-order chi connectivity index (χ1) is 13.8. The highest BCUT2D eigenvalue weighted by Gasteiger charge is 2.53. The fourth-order valence-corrected chi connectivity index (χ4v) is 6.45. The third-order valence-electron chi connectivity index (χ3n) is 7.37. The molecule has 4 saturated carbocycles. The molecule has 29 heavy (non-hydrogen) atoms. The van der Waals surface area contributed by atoms with E-state index in [-0.39, 0.29) is 28.5 Å². The Morgan fingerprint density at radius 1 is 1.21 bits per heavy atom. The maximum atomic E-state index is 13.1. The molecule has 1 amide bonds. The van der Waals surface area contributed by atoms with Gasteiger partial charge in [0.25, 0.3) is 11.6 Å². The molecule has 7 heteroatoms. The zero-order chi connectivity index (χ0) is 20.8. The van der Waals surface area contributed by atoms with Gasteiger partial charge in [-0.05, 0) is 75.5 Å². The molecule has 0 radical (unpaired) electrons. The first-order valence-electron chi connectivity index (χ1n) is 10.6. The summed E-state index contributed by atoms with van der Waals surface area (Å²) in [7, 11) is 1.43. The van der Waals surface area contributed by atoms with Gasteiger partial charge in [0.1, 0.15) is 5.56 Å². The van der Waals surface area contributed by atoms with Crippen molar-refractivity contribution in [3.8, 4) is 11.5 Å². The van der Waals surface area contributed by atoms with Crippen molar-refractivity contribution >= 4 is 11.6 Å². The largest absolute Gasteiger partial charge is 0.493 e. The van der Waals surface area contributed by atoms with Gasteiger partial charge >= 0.3 is 0 Å². The number of carbonyl (C=O) groups excluding carboxylic acids is 1. The van der Waals surface area contributed by atoms with E-state index in [1.807, 2.05) is 6.92 Å². The lowest BCUT2D eigenvalue weighted by molar-refractivity contribution is -0.385. The number of hydrogen-bond donors (Lipinski definition) is 1. The van der Waals surface area contributed by atoms with Crippen LogP contribution >= 0.6 is 0 Å². The normalized spacial score (nSPS) is 30.7. The molecule has 5 rings (SSSR count). The topological polar surface area (TPSA) is 90.7 Å². The molecule has 0 unspecified atom stereocenters. The van der Waals surface area contributed by atoms with Gasteiger partial charge in [-0.2, -0.15) is 0 Å². The highest BCUT2D eigenvalue weighted by Crippen LogP contribution is 2.61. The molecule has 0 spiro atoms. The van der Waals surface area contributed by atoms with Crippen LogP contribution in [0, 0.1) is 33.3 Å². The number of nitrogens with zero attached hydrogens (tertiary/aromatic N) is 1. The highest BCUT2D eigenvalue weighted by molar-refractivity contribution is 5.99. The van der Waals surface area contributed by atoms with Crippen LogP contribution in [0.2, 0.25) is 0 Å². The smallest absolute Gasteiger partial charge is 0.286 e. The third-order valence-corrected chi connectivity index (χ3v) is 7.37. The summed E-state index contributed by atoms with van der Waals surface area (Å²) in [6.45, 7) is 4.26. The molecule has 1 aromatic rings. The zero-order valence-electron chi connectivity index (χ0n) is 17.4. The molecule has 4 bridgehead atoms. The Labute approximate surface area is 171 Å². The Kier molecular flexibility index (Phi) is 5.17. The quantitative estimate of drug-likeness (QED) is 0.541. The van der Waals surface area contributed by atoms with Gasteiger partial charge in [-0.15, -0.1) is 0 Å². The third kappa shape index (κ3) is 3.55. The van der Waals surface area contributed by atoms with Crippen molar-refractivity contribution < 1.29 is 19.2 Å². The lowest BCUT2D eigenvalue weighted by atomic mass is 9.48. The fourth-order valence-electron chi connectivity index (χ4n) is 6.45. The minimum atomic E-state index is -0.539. The van der Waals surface area contributed by atoms with Crippen molar-refractivity contribution in [1.82, 2.24) is 5.32 Å². The van der Waals surface area contributed by atoms with E-state index in [1.54, 1.807) is 0 Å². The number of carbonyl (C=O) groups is 1. The number of amides is 1. The summed E-state index contributed by atoms with van der Waals surface area (Å²) in [6, 6.07) is 2.69. The molecule has 0 heterocycles. The van der Waals surface area contributed by atoms with Crippen LogP contribution in [0.3, 0.4) is 0 Å². The molecule has 1 N–H and O–H groups in total. The number of benzene rings is 1. The highest BCUT2D eigenvalue weighted by atomic mass is 16.6. The molecule has 1 aromatic carbocycles. The predicted molar refractivity (Wildman–Crippen MR) is 108 cm³/mol. The first-order valence-corrected chi connectivity index (χ1v) is 10.6. The van der Waals surface area contributed by atoms with Crippen molar-refractivity contribution in [2.45, 2.75) is 58.4 Å². The Morgan fingerprint density at radius 3 is 2.28 bits per heavy atom. The predicted octanol–water partition coefficient (Wildman–Crippen LogP) is 4.34. The van der Waals surface area contributed by atoms with Gasteiger partial charge in [0.05, 0.1) is 24.7 Å². The lowest BCUT2D eigenvalue weighted by Crippen LogP contribution is -2.55. The van der Waals surface area contributed by atoms with E-state index >= 15 is 0 Å². The van der Waals surface area contributed by atoms with Gasteiger partial charge in [-0.25, -0.2) is 0 Å². The molecule has 4 aliphatic carbocycles. The second kappa shape index (κ2) is 7.50. The number of hydrogen-bond acceptors (Lipinski definition) is 5. The Balaban J connectivity index is 1.59. The van der Waals surface area contributed by atoms with E-state index in [2.05, 4.69) is 12.2 Å². The lowest BCUT2D eigenvalue weighted by Gasteiger charge is -2.59. The van der Waals surface area contributed by atoms with Crippen molar-refractivity contribution in [2.24, 2.45) is 23.2 Å². The number of nitro groups is 1. The number of ether oxygens (including phenoxy) is 2. The van der Waals surface area contributed by atoms with Gasteiger partial charge in [0.15, 0.2) is 11.5 Å². The van der Waals surface area contributed by atoms with Crippen molar-refractivity contribution in [2.75, 3.05) is 13.7 Å². The van der Waals surface area contributed by atoms with Crippen LogP contribution < -0.4 is 14.8 Å². The summed E-state index contributed by atoms with van der Waals surface area (Å²) in [6.07, 6.45) is 7.49. The average Bonchev–Trinajstić information content (AvgIpc) is 2.66. The van der Waals surface area contributed by atoms with Crippen LogP contribution in [0.1, 0.15) is 62.7 Å². The Bertz CT molecular complexity index is 786.